The summed E-state index contributed by atoms with van der Waals surface area (Å²) >= 11 is 0. The van der Waals surface area contributed by atoms with E-state index in [0.717, 1.165) is 27.9 Å². The van der Waals surface area contributed by atoms with Gasteiger partial charge < -0.3 is 14.8 Å². The van der Waals surface area contributed by atoms with Crippen molar-refractivity contribution in [2.75, 3.05) is 30.8 Å². The van der Waals surface area contributed by atoms with Crippen LogP contribution >= 0.6 is 0 Å². The van der Waals surface area contributed by atoms with Gasteiger partial charge >= 0.3 is 0 Å². The van der Waals surface area contributed by atoms with E-state index in [9.17, 15) is 23.3 Å². The number of nitro benzene ring substituents is 1. The molecule has 10 nitrogen and oxygen atoms in total. The molecule has 0 spiro atoms. The minimum Gasteiger partial charge on any atom is -0.495 e. The first-order chi connectivity index (χ1) is 16.0. The number of carbonyl (C=O) groups is 1. The molecule has 1 amide bonds. The molecule has 0 heterocycles. The summed E-state index contributed by atoms with van der Waals surface area (Å²) in [4.78, 5) is 23.6. The van der Waals surface area contributed by atoms with Gasteiger partial charge in [0, 0.05) is 12.1 Å². The summed E-state index contributed by atoms with van der Waals surface area (Å²) in [5.74, 6) is 0.527. The minimum absolute atomic E-state index is 0.0803. The fourth-order valence-electron chi connectivity index (χ4n) is 3.54. The van der Waals surface area contributed by atoms with Crippen LogP contribution in [0.2, 0.25) is 0 Å². The van der Waals surface area contributed by atoms with E-state index in [2.05, 4.69) is 19.2 Å². The number of ether oxygens (including phenoxy) is 2. The maximum Gasteiger partial charge on any atom is 0.271 e. The van der Waals surface area contributed by atoms with E-state index >= 15 is 0 Å². The van der Waals surface area contributed by atoms with Crippen LogP contribution in [0, 0.1) is 10.1 Å². The molecule has 0 aromatic heterocycles. The van der Waals surface area contributed by atoms with Gasteiger partial charge in [0.2, 0.25) is 15.9 Å². The van der Waals surface area contributed by atoms with Crippen LogP contribution in [-0.4, -0.2) is 51.8 Å². The zero-order valence-corrected chi connectivity index (χ0v) is 20.8. The van der Waals surface area contributed by atoms with E-state index in [1.54, 1.807) is 6.92 Å². The maximum atomic E-state index is 13.0. The molecule has 0 saturated heterocycles. The van der Waals surface area contributed by atoms with Gasteiger partial charge in [-0.2, -0.15) is 0 Å². The number of carbonyl (C=O) groups excluding carboxylic acids is 1. The normalized spacial score (nSPS) is 12.2. The van der Waals surface area contributed by atoms with Crippen LogP contribution < -0.4 is 19.1 Å². The smallest absolute Gasteiger partial charge is 0.271 e. The van der Waals surface area contributed by atoms with E-state index < -0.39 is 26.9 Å². The molecule has 0 radical (unpaired) electrons. The topological polar surface area (TPSA) is 128 Å². The summed E-state index contributed by atoms with van der Waals surface area (Å²) in [6, 6.07) is 10.1. The summed E-state index contributed by atoms with van der Waals surface area (Å²) < 4.78 is 37.3. The molecule has 0 saturated carbocycles. The summed E-state index contributed by atoms with van der Waals surface area (Å²) in [5, 5.41) is 14.0. The first-order valence-electron chi connectivity index (χ1n) is 10.8. The molecule has 2 aromatic carbocycles. The molecule has 186 valence electrons. The zero-order chi connectivity index (χ0) is 25.5. The van der Waals surface area contributed by atoms with Crippen LogP contribution in [0.25, 0.3) is 0 Å². The highest BCUT2D eigenvalue weighted by Crippen LogP contribution is 2.35. The molecule has 0 aliphatic rings. The maximum absolute atomic E-state index is 13.0. The summed E-state index contributed by atoms with van der Waals surface area (Å²) in [6.07, 6.45) is 1.06. The van der Waals surface area contributed by atoms with Gasteiger partial charge in [-0.1, -0.05) is 39.0 Å². The zero-order valence-electron chi connectivity index (χ0n) is 20.0. The Morgan fingerprint density at radius 2 is 1.85 bits per heavy atom. The lowest BCUT2D eigenvalue weighted by atomic mass is 10.0. The molecular formula is C23H31N3O7S. The van der Waals surface area contributed by atoms with Crippen molar-refractivity contribution in [3.05, 3.63) is 58.1 Å². The van der Waals surface area contributed by atoms with Crippen LogP contribution in [0.5, 0.6) is 11.5 Å². The predicted octanol–water partition coefficient (Wildman–Crippen LogP) is 3.47. The number of methoxy groups -OCH3 is 1. The first kappa shape index (κ1) is 26.9. The average molecular weight is 494 g/mol. The lowest BCUT2D eigenvalue weighted by Gasteiger charge is -2.31. The lowest BCUT2D eigenvalue weighted by Crippen LogP contribution is -2.50. The number of hydrogen-bond acceptors (Lipinski definition) is 7. The van der Waals surface area contributed by atoms with Gasteiger partial charge in [0.05, 0.1) is 24.8 Å². The number of para-hydroxylation sites is 1. The quantitative estimate of drug-likeness (QED) is 0.272. The van der Waals surface area contributed by atoms with Gasteiger partial charge in [-0.3, -0.25) is 19.2 Å². The van der Waals surface area contributed by atoms with Crippen LogP contribution in [0.4, 0.5) is 11.4 Å². The first-order valence-corrected chi connectivity index (χ1v) is 12.7. The van der Waals surface area contributed by atoms with Crippen LogP contribution in [0.3, 0.4) is 0 Å². The number of benzene rings is 2. The molecule has 2 aromatic rings. The van der Waals surface area contributed by atoms with Crippen molar-refractivity contribution in [3.8, 4) is 11.5 Å². The third-order valence-corrected chi connectivity index (χ3v) is 6.31. The van der Waals surface area contributed by atoms with Gasteiger partial charge in [0.25, 0.3) is 5.69 Å². The molecule has 0 fully saturated rings. The molecule has 0 aliphatic heterocycles. The SMILES string of the molecule is CC[C@@H](C(=O)NCCOc1ccccc1C(C)C)N(c1cc([N+](=O)[O-])ccc1OC)S(C)(=O)=O. The van der Waals surface area contributed by atoms with Gasteiger partial charge in [0.1, 0.15) is 29.8 Å². The van der Waals surface area contributed by atoms with E-state index in [4.69, 9.17) is 9.47 Å². The van der Waals surface area contributed by atoms with E-state index in [1.165, 1.54) is 19.2 Å². The van der Waals surface area contributed by atoms with Crippen molar-refractivity contribution in [1.82, 2.24) is 5.32 Å². The van der Waals surface area contributed by atoms with Crippen molar-refractivity contribution in [3.63, 3.8) is 0 Å². The number of amides is 1. The van der Waals surface area contributed by atoms with Crippen molar-refractivity contribution in [2.24, 2.45) is 0 Å². The Kier molecular flexibility index (Phi) is 9.25. The average Bonchev–Trinajstić information content (AvgIpc) is 2.78. The van der Waals surface area contributed by atoms with Crippen molar-refractivity contribution >= 4 is 27.3 Å². The van der Waals surface area contributed by atoms with Gasteiger partial charge in [-0.15, -0.1) is 0 Å². The number of non-ortho nitro benzene ring substituents is 1. The van der Waals surface area contributed by atoms with Crippen LogP contribution in [0.1, 0.15) is 38.7 Å². The standard InChI is InChI=1S/C23H31N3O7S/c1-6-19(23(27)24-13-14-33-21-10-8-7-9-18(21)16(2)3)25(34(5,30)31)20-15-17(26(28)29)11-12-22(20)32-4/h7-12,15-16,19H,6,13-14H2,1-5H3,(H,24,27)/t19-/m0/s1. The molecular weight excluding hydrogens is 462 g/mol. The van der Waals surface area contributed by atoms with Crippen LogP contribution in [-0.2, 0) is 14.8 Å². The highest BCUT2D eigenvalue weighted by atomic mass is 32.2. The van der Waals surface area contributed by atoms with Gasteiger partial charge in [0.15, 0.2) is 0 Å². The molecule has 0 bridgehead atoms. The fraction of sp³-hybridized carbons (Fsp3) is 0.435. The Morgan fingerprint density at radius 1 is 1.18 bits per heavy atom. The van der Waals surface area contributed by atoms with Gasteiger partial charge in [-0.05, 0) is 30.0 Å². The second kappa shape index (κ2) is 11.7. The van der Waals surface area contributed by atoms with E-state index in [-0.39, 0.29) is 42.6 Å². The molecule has 0 unspecified atom stereocenters. The molecule has 1 N–H and O–H groups in total. The van der Waals surface area contributed by atoms with Gasteiger partial charge in [-0.25, -0.2) is 8.42 Å². The molecule has 11 heteroatoms. The Labute approximate surface area is 200 Å². The number of rotatable bonds is 12. The molecule has 1 atom stereocenters. The van der Waals surface area contributed by atoms with Crippen molar-refractivity contribution in [1.29, 1.82) is 0 Å². The number of anilines is 1. The highest BCUT2D eigenvalue weighted by molar-refractivity contribution is 7.92. The Morgan fingerprint density at radius 3 is 2.41 bits per heavy atom. The summed E-state index contributed by atoms with van der Waals surface area (Å²) in [7, 11) is -2.68. The Hall–Kier alpha value is -3.34. The predicted molar refractivity (Wildman–Crippen MR) is 130 cm³/mol. The fourth-order valence-corrected chi connectivity index (χ4v) is 4.75. The second-order valence-electron chi connectivity index (χ2n) is 7.93. The van der Waals surface area contributed by atoms with E-state index in [1.807, 2.05) is 24.3 Å². The Bertz CT molecular complexity index is 1120. The van der Waals surface area contributed by atoms with Crippen molar-refractivity contribution in [2.45, 2.75) is 39.2 Å². The number of sulfonamides is 1. The number of nitrogens with one attached hydrogen (secondary N) is 1. The number of nitro groups is 1. The Balaban J connectivity index is 2.22. The minimum atomic E-state index is -4.00. The number of hydrogen-bond donors (Lipinski definition) is 1. The summed E-state index contributed by atoms with van der Waals surface area (Å²) in [6.45, 7) is 6.09. The number of nitrogens with zero attached hydrogens (tertiary/aromatic N) is 2. The lowest BCUT2D eigenvalue weighted by molar-refractivity contribution is -0.384. The summed E-state index contributed by atoms with van der Waals surface area (Å²) in [5.41, 5.74) is 0.640. The van der Waals surface area contributed by atoms with Crippen molar-refractivity contribution < 1.29 is 27.6 Å². The largest absolute Gasteiger partial charge is 0.495 e. The monoisotopic (exact) mass is 493 g/mol. The molecule has 0 aliphatic carbocycles. The molecule has 34 heavy (non-hydrogen) atoms. The third-order valence-electron chi connectivity index (χ3n) is 5.14. The highest BCUT2D eigenvalue weighted by Gasteiger charge is 2.34. The molecule has 2 rings (SSSR count). The van der Waals surface area contributed by atoms with Crippen LogP contribution in [0.15, 0.2) is 42.5 Å². The van der Waals surface area contributed by atoms with E-state index in [0.29, 0.717) is 0 Å². The second-order valence-corrected chi connectivity index (χ2v) is 9.79. The third kappa shape index (κ3) is 6.60.